The molecule has 1 aromatic heterocycles. The normalized spacial score (nSPS) is 11.4. The molecule has 0 atom stereocenters. The van der Waals surface area contributed by atoms with Crippen molar-refractivity contribution >= 4 is 50.7 Å². The molecule has 0 aliphatic carbocycles. The lowest BCUT2D eigenvalue weighted by atomic mass is 10.3. The first-order valence-electron chi connectivity index (χ1n) is 8.18. The molecule has 0 radical (unpaired) electrons. The number of nitro benzene ring substituents is 1. The van der Waals surface area contributed by atoms with Gasteiger partial charge in [-0.05, 0) is 30.3 Å². The number of thiazole rings is 1. The number of carbonyl (C=O) groups excluding carboxylic acids is 2. The first-order chi connectivity index (χ1) is 13.9. The summed E-state index contributed by atoms with van der Waals surface area (Å²) in [6.45, 7) is -0.573. The van der Waals surface area contributed by atoms with Gasteiger partial charge in [-0.2, -0.15) is 4.99 Å². The number of non-ortho nitro benzene ring substituents is 1. The van der Waals surface area contributed by atoms with Crippen molar-refractivity contribution in [1.82, 2.24) is 4.57 Å². The maximum Gasteiger partial charge on any atom is 0.325 e. The number of methoxy groups -OCH3 is 1. The summed E-state index contributed by atoms with van der Waals surface area (Å²) in [6.07, 6.45) is 0. The van der Waals surface area contributed by atoms with Gasteiger partial charge in [0.25, 0.3) is 11.6 Å². The Balaban J connectivity index is 1.94. The van der Waals surface area contributed by atoms with Crippen LogP contribution in [0.25, 0.3) is 10.2 Å². The maximum atomic E-state index is 12.3. The highest BCUT2D eigenvalue weighted by Gasteiger charge is 2.15. The summed E-state index contributed by atoms with van der Waals surface area (Å²) in [4.78, 5) is 38.8. The number of nitrogens with zero attached hydrogens (tertiary/aromatic N) is 3. The first-order valence-corrected chi connectivity index (χ1v) is 9.37. The van der Waals surface area contributed by atoms with Crippen molar-refractivity contribution in [1.29, 1.82) is 0 Å². The van der Waals surface area contributed by atoms with Gasteiger partial charge >= 0.3 is 5.97 Å². The molecule has 0 aliphatic rings. The standard InChI is InChI=1S/C18H14ClN3O6S/c1-27-17(24)9-21-14-8-12(22(25)26)4-7-15(14)29-18(21)20-16(23)10-28-13-5-2-11(19)3-6-13/h2-8H,9-10H2,1H3. The molecule has 1 amide bonds. The molecule has 0 aliphatic heterocycles. The lowest BCUT2D eigenvalue weighted by molar-refractivity contribution is -0.384. The second-order valence-electron chi connectivity index (χ2n) is 5.70. The summed E-state index contributed by atoms with van der Waals surface area (Å²) in [6, 6.07) is 10.7. The molecule has 0 saturated carbocycles. The third kappa shape index (κ3) is 4.98. The Kier molecular flexibility index (Phi) is 6.25. The predicted molar refractivity (Wildman–Crippen MR) is 106 cm³/mol. The molecule has 3 rings (SSSR count). The van der Waals surface area contributed by atoms with Gasteiger partial charge in [-0.25, -0.2) is 0 Å². The highest BCUT2D eigenvalue weighted by atomic mass is 35.5. The number of rotatable bonds is 6. The Labute approximate surface area is 172 Å². The van der Waals surface area contributed by atoms with Crippen molar-refractivity contribution in [2.24, 2.45) is 4.99 Å². The van der Waals surface area contributed by atoms with E-state index in [0.29, 0.717) is 21.0 Å². The van der Waals surface area contributed by atoms with Crippen molar-refractivity contribution in [3.8, 4) is 5.75 Å². The quantitative estimate of drug-likeness (QED) is 0.334. The van der Waals surface area contributed by atoms with Gasteiger partial charge in [0.2, 0.25) is 0 Å². The van der Waals surface area contributed by atoms with Gasteiger partial charge in [-0.1, -0.05) is 22.9 Å². The molecule has 0 fully saturated rings. The Morgan fingerprint density at radius 3 is 2.62 bits per heavy atom. The molecule has 0 saturated heterocycles. The van der Waals surface area contributed by atoms with Crippen molar-refractivity contribution in [3.05, 3.63) is 62.4 Å². The van der Waals surface area contributed by atoms with E-state index in [1.165, 1.54) is 23.8 Å². The van der Waals surface area contributed by atoms with E-state index in [4.69, 9.17) is 16.3 Å². The van der Waals surface area contributed by atoms with E-state index in [9.17, 15) is 19.7 Å². The Bertz CT molecular complexity index is 1150. The second kappa shape index (κ2) is 8.84. The number of amides is 1. The molecule has 150 valence electrons. The topological polar surface area (TPSA) is 113 Å². The monoisotopic (exact) mass is 435 g/mol. The fourth-order valence-electron chi connectivity index (χ4n) is 2.42. The number of nitro groups is 1. The summed E-state index contributed by atoms with van der Waals surface area (Å²) in [5, 5.41) is 11.6. The van der Waals surface area contributed by atoms with Gasteiger partial charge in [0, 0.05) is 17.2 Å². The van der Waals surface area contributed by atoms with Crippen LogP contribution in [0.2, 0.25) is 5.02 Å². The van der Waals surface area contributed by atoms with Crippen LogP contribution in [0.15, 0.2) is 47.5 Å². The Morgan fingerprint density at radius 1 is 1.24 bits per heavy atom. The SMILES string of the molecule is COC(=O)Cn1c(=NC(=O)COc2ccc(Cl)cc2)sc2ccc([N+](=O)[O-])cc21. The van der Waals surface area contributed by atoms with Crippen LogP contribution in [0.3, 0.4) is 0 Å². The number of aromatic nitrogens is 1. The molecule has 0 bridgehead atoms. The van der Waals surface area contributed by atoms with E-state index >= 15 is 0 Å². The van der Waals surface area contributed by atoms with Crippen LogP contribution in [0.5, 0.6) is 5.75 Å². The van der Waals surface area contributed by atoms with E-state index in [2.05, 4.69) is 9.73 Å². The summed E-state index contributed by atoms with van der Waals surface area (Å²) in [5.41, 5.74) is 0.262. The summed E-state index contributed by atoms with van der Waals surface area (Å²) in [7, 11) is 1.22. The van der Waals surface area contributed by atoms with Crippen LogP contribution in [-0.2, 0) is 20.9 Å². The third-order valence-electron chi connectivity index (χ3n) is 3.79. The molecule has 29 heavy (non-hydrogen) atoms. The maximum absolute atomic E-state index is 12.3. The molecule has 9 nitrogen and oxygen atoms in total. The largest absolute Gasteiger partial charge is 0.484 e. The molecule has 11 heteroatoms. The lowest BCUT2D eigenvalue weighted by Crippen LogP contribution is -2.23. The van der Waals surface area contributed by atoms with Gasteiger partial charge in [0.15, 0.2) is 11.4 Å². The number of fused-ring (bicyclic) bond motifs is 1. The number of halogens is 1. The fraction of sp³-hybridized carbons (Fsp3) is 0.167. The number of benzene rings is 2. The Hall–Kier alpha value is -3.24. The number of hydrogen-bond acceptors (Lipinski definition) is 7. The molecule has 0 spiro atoms. The van der Waals surface area contributed by atoms with Crippen molar-refractivity contribution in [2.75, 3.05) is 13.7 Å². The number of hydrogen-bond donors (Lipinski definition) is 0. The summed E-state index contributed by atoms with van der Waals surface area (Å²) < 4.78 is 12.1. The van der Waals surface area contributed by atoms with Crippen LogP contribution < -0.4 is 9.54 Å². The molecular formula is C18H14ClN3O6S. The fourth-order valence-corrected chi connectivity index (χ4v) is 3.57. The van der Waals surface area contributed by atoms with E-state index in [1.54, 1.807) is 30.3 Å². The van der Waals surface area contributed by atoms with E-state index in [0.717, 1.165) is 11.3 Å². The lowest BCUT2D eigenvalue weighted by Gasteiger charge is -2.04. The average Bonchev–Trinajstić information content (AvgIpc) is 3.03. The second-order valence-corrected chi connectivity index (χ2v) is 7.15. The van der Waals surface area contributed by atoms with Gasteiger partial charge in [-0.15, -0.1) is 0 Å². The molecule has 3 aromatic rings. The molecule has 0 unspecified atom stereocenters. The highest BCUT2D eigenvalue weighted by molar-refractivity contribution is 7.16. The molecule has 1 heterocycles. The molecular weight excluding hydrogens is 422 g/mol. The van der Waals surface area contributed by atoms with E-state index in [-0.39, 0.29) is 23.6 Å². The third-order valence-corrected chi connectivity index (χ3v) is 5.10. The van der Waals surface area contributed by atoms with Gasteiger partial charge < -0.3 is 14.0 Å². The van der Waals surface area contributed by atoms with Crippen LogP contribution in [0.1, 0.15) is 0 Å². The number of esters is 1. The van der Waals surface area contributed by atoms with Gasteiger partial charge in [-0.3, -0.25) is 19.7 Å². The minimum Gasteiger partial charge on any atom is -0.484 e. The first kappa shape index (κ1) is 20.5. The zero-order valence-electron chi connectivity index (χ0n) is 15.0. The van der Waals surface area contributed by atoms with Crippen LogP contribution in [0, 0.1) is 10.1 Å². The minimum atomic E-state index is -0.584. The van der Waals surface area contributed by atoms with Crippen LogP contribution >= 0.6 is 22.9 Å². The van der Waals surface area contributed by atoms with Crippen LogP contribution in [-0.4, -0.2) is 35.1 Å². The van der Waals surface area contributed by atoms with Crippen LogP contribution in [0.4, 0.5) is 5.69 Å². The van der Waals surface area contributed by atoms with Crippen molar-refractivity contribution < 1.29 is 24.0 Å². The number of carbonyl (C=O) groups is 2. The average molecular weight is 436 g/mol. The van der Waals surface area contributed by atoms with Gasteiger partial charge in [0.1, 0.15) is 12.3 Å². The Morgan fingerprint density at radius 2 is 1.97 bits per heavy atom. The number of ether oxygens (including phenoxy) is 2. The summed E-state index contributed by atoms with van der Waals surface area (Å²) >= 11 is 6.92. The predicted octanol–water partition coefficient (Wildman–Crippen LogP) is 2.94. The van der Waals surface area contributed by atoms with E-state index < -0.39 is 16.8 Å². The van der Waals surface area contributed by atoms with Gasteiger partial charge in [0.05, 0.1) is 22.2 Å². The highest BCUT2D eigenvalue weighted by Crippen LogP contribution is 2.23. The minimum absolute atomic E-state index is 0.141. The zero-order chi connectivity index (χ0) is 21.0. The van der Waals surface area contributed by atoms with Crippen molar-refractivity contribution in [3.63, 3.8) is 0 Å². The summed E-state index contributed by atoms with van der Waals surface area (Å²) in [5.74, 6) is -0.713. The van der Waals surface area contributed by atoms with Crippen molar-refractivity contribution in [2.45, 2.75) is 6.54 Å². The van der Waals surface area contributed by atoms with E-state index in [1.807, 2.05) is 0 Å². The zero-order valence-corrected chi connectivity index (χ0v) is 16.6. The molecule has 2 aromatic carbocycles. The smallest absolute Gasteiger partial charge is 0.325 e. The molecule has 0 N–H and O–H groups in total.